The lowest BCUT2D eigenvalue weighted by Gasteiger charge is -2.12. The molecule has 0 fully saturated rings. The lowest BCUT2D eigenvalue weighted by molar-refractivity contribution is -0.110. The van der Waals surface area contributed by atoms with Gasteiger partial charge in [0.2, 0.25) is 0 Å². The minimum atomic E-state index is -0.297. The van der Waals surface area contributed by atoms with Crippen LogP contribution in [0.1, 0.15) is 26.2 Å². The summed E-state index contributed by atoms with van der Waals surface area (Å²) in [6.45, 7) is 1.69. The molecule has 3 heteroatoms. The van der Waals surface area contributed by atoms with Gasteiger partial charge < -0.3 is 4.79 Å². The van der Waals surface area contributed by atoms with E-state index in [-0.39, 0.29) is 30.4 Å². The molecular weight excluding hydrogens is 174 g/mol. The summed E-state index contributed by atoms with van der Waals surface area (Å²) >= 11 is 0. The van der Waals surface area contributed by atoms with Crippen LogP contribution in [0.2, 0.25) is 0 Å². The van der Waals surface area contributed by atoms with Crippen LogP contribution in [0.15, 0.2) is 23.3 Å². The van der Waals surface area contributed by atoms with Crippen LogP contribution in [0.5, 0.6) is 0 Å². The van der Waals surface area contributed by atoms with E-state index in [4.69, 9.17) is 0 Å². The Kier molecular flexibility index (Phi) is 3.34. The molecule has 72 valence electrons. The molecule has 0 heterocycles. The van der Waals surface area contributed by atoms with E-state index in [0.717, 1.165) is 6.29 Å². The topological polar surface area (TPSA) is 17.1 Å². The summed E-state index contributed by atoms with van der Waals surface area (Å²) in [4.78, 5) is 10.3. The summed E-state index contributed by atoms with van der Waals surface area (Å²) in [5, 5.41) is 0. The quantitative estimate of drug-likeness (QED) is 0.619. The summed E-state index contributed by atoms with van der Waals surface area (Å²) in [6.07, 6.45) is 2.52. The second-order valence-electron chi connectivity index (χ2n) is 3.34. The second-order valence-corrected chi connectivity index (χ2v) is 3.34. The van der Waals surface area contributed by atoms with Gasteiger partial charge in [-0.25, -0.2) is 8.78 Å². The first-order chi connectivity index (χ1) is 6.13. The molecular formula is C10H12F2O. The Balaban J connectivity index is 2.71. The number of aldehydes is 1. The molecule has 1 atom stereocenters. The smallest absolute Gasteiger partial charge is 0.123 e. The van der Waals surface area contributed by atoms with Crippen LogP contribution in [0.3, 0.4) is 0 Å². The summed E-state index contributed by atoms with van der Waals surface area (Å²) in [7, 11) is 0. The zero-order valence-corrected chi connectivity index (χ0v) is 7.52. The van der Waals surface area contributed by atoms with Gasteiger partial charge in [-0.1, -0.05) is 6.92 Å². The van der Waals surface area contributed by atoms with Crippen molar-refractivity contribution < 1.29 is 13.6 Å². The highest BCUT2D eigenvalue weighted by atomic mass is 19.1. The first-order valence-electron chi connectivity index (χ1n) is 4.32. The van der Waals surface area contributed by atoms with Gasteiger partial charge in [0.25, 0.3) is 0 Å². The fourth-order valence-corrected chi connectivity index (χ4v) is 1.29. The predicted molar refractivity (Wildman–Crippen MR) is 46.4 cm³/mol. The van der Waals surface area contributed by atoms with Gasteiger partial charge >= 0.3 is 0 Å². The van der Waals surface area contributed by atoms with Crippen LogP contribution >= 0.6 is 0 Å². The van der Waals surface area contributed by atoms with Crippen LogP contribution in [-0.4, -0.2) is 6.29 Å². The van der Waals surface area contributed by atoms with Crippen LogP contribution in [0.25, 0.3) is 0 Å². The molecule has 0 aromatic rings. The summed E-state index contributed by atoms with van der Waals surface area (Å²) < 4.78 is 25.8. The fourth-order valence-electron chi connectivity index (χ4n) is 1.29. The lowest BCUT2D eigenvalue weighted by atomic mass is 9.96. The molecule has 0 aromatic carbocycles. The average molecular weight is 186 g/mol. The van der Waals surface area contributed by atoms with Crippen molar-refractivity contribution in [1.82, 2.24) is 0 Å². The lowest BCUT2D eigenvalue weighted by Crippen LogP contribution is -2.01. The maximum Gasteiger partial charge on any atom is 0.123 e. The molecule has 1 rings (SSSR count). The van der Waals surface area contributed by atoms with E-state index in [9.17, 15) is 13.6 Å². The summed E-state index contributed by atoms with van der Waals surface area (Å²) in [6, 6.07) is 0. The first-order valence-corrected chi connectivity index (χ1v) is 4.32. The van der Waals surface area contributed by atoms with Crippen LogP contribution in [0.4, 0.5) is 8.78 Å². The molecule has 0 spiro atoms. The number of hydrogen-bond donors (Lipinski definition) is 0. The zero-order valence-electron chi connectivity index (χ0n) is 7.52. The Morgan fingerprint density at radius 1 is 1.54 bits per heavy atom. The summed E-state index contributed by atoms with van der Waals surface area (Å²) in [5.41, 5.74) is 0.336. The van der Waals surface area contributed by atoms with E-state index in [1.807, 2.05) is 0 Å². The SMILES string of the molecule is CC(C=O)CC1=C(F)CCC(F)=C1. The molecule has 0 saturated carbocycles. The third kappa shape index (κ3) is 2.76. The molecule has 0 amide bonds. The van der Waals surface area contributed by atoms with Gasteiger partial charge in [-0.05, 0) is 18.1 Å². The van der Waals surface area contributed by atoms with Gasteiger partial charge in [0, 0.05) is 18.8 Å². The van der Waals surface area contributed by atoms with Gasteiger partial charge in [0.05, 0.1) is 0 Å². The molecule has 13 heavy (non-hydrogen) atoms. The monoisotopic (exact) mass is 186 g/mol. The molecule has 0 aliphatic heterocycles. The summed E-state index contributed by atoms with van der Waals surface area (Å²) in [5.74, 6) is -0.826. The van der Waals surface area contributed by atoms with Crippen molar-refractivity contribution in [3.63, 3.8) is 0 Å². The number of rotatable bonds is 3. The van der Waals surface area contributed by atoms with Crippen molar-refractivity contribution >= 4 is 6.29 Å². The van der Waals surface area contributed by atoms with E-state index in [1.54, 1.807) is 6.92 Å². The normalized spacial score (nSPS) is 19.8. The van der Waals surface area contributed by atoms with E-state index >= 15 is 0 Å². The van der Waals surface area contributed by atoms with E-state index in [1.165, 1.54) is 6.08 Å². The number of allylic oxidation sites excluding steroid dienone is 4. The highest BCUT2D eigenvalue weighted by Gasteiger charge is 2.15. The number of carbonyl (C=O) groups is 1. The second kappa shape index (κ2) is 4.30. The minimum Gasteiger partial charge on any atom is -0.303 e. The van der Waals surface area contributed by atoms with E-state index in [0.29, 0.717) is 12.0 Å². The molecule has 1 aliphatic rings. The molecule has 0 N–H and O–H groups in total. The van der Waals surface area contributed by atoms with Gasteiger partial charge in [0.1, 0.15) is 17.9 Å². The highest BCUT2D eigenvalue weighted by molar-refractivity contribution is 5.54. The zero-order chi connectivity index (χ0) is 9.84. The Morgan fingerprint density at radius 3 is 2.85 bits per heavy atom. The Labute approximate surface area is 76.1 Å². The largest absolute Gasteiger partial charge is 0.303 e. The molecule has 0 saturated heterocycles. The van der Waals surface area contributed by atoms with E-state index in [2.05, 4.69) is 0 Å². The molecule has 1 aliphatic carbocycles. The highest BCUT2D eigenvalue weighted by Crippen LogP contribution is 2.28. The fraction of sp³-hybridized carbons (Fsp3) is 0.500. The van der Waals surface area contributed by atoms with Crippen molar-refractivity contribution in [2.45, 2.75) is 26.2 Å². The Hall–Kier alpha value is -0.990. The van der Waals surface area contributed by atoms with Crippen molar-refractivity contribution in [3.8, 4) is 0 Å². The van der Waals surface area contributed by atoms with Crippen molar-refractivity contribution in [3.05, 3.63) is 23.3 Å². The van der Waals surface area contributed by atoms with Gasteiger partial charge in [0.15, 0.2) is 0 Å². The molecule has 0 bridgehead atoms. The standard InChI is InChI=1S/C10H12F2O/c1-7(6-13)4-8-5-9(11)2-3-10(8)12/h5-7H,2-4H2,1H3. The van der Waals surface area contributed by atoms with Crippen molar-refractivity contribution in [2.75, 3.05) is 0 Å². The van der Waals surface area contributed by atoms with E-state index < -0.39 is 0 Å². The Morgan fingerprint density at radius 2 is 2.23 bits per heavy atom. The van der Waals surface area contributed by atoms with Crippen molar-refractivity contribution in [1.29, 1.82) is 0 Å². The van der Waals surface area contributed by atoms with Gasteiger partial charge in [-0.2, -0.15) is 0 Å². The molecule has 1 nitrogen and oxygen atoms in total. The molecule has 1 unspecified atom stereocenters. The van der Waals surface area contributed by atoms with Crippen LogP contribution in [0, 0.1) is 5.92 Å². The number of halogens is 2. The maximum absolute atomic E-state index is 13.1. The maximum atomic E-state index is 13.1. The molecule has 0 aromatic heterocycles. The number of carbonyl (C=O) groups excluding carboxylic acids is 1. The first kappa shape index (κ1) is 10.1. The third-order valence-electron chi connectivity index (χ3n) is 2.04. The van der Waals surface area contributed by atoms with Gasteiger partial charge in [-0.3, -0.25) is 0 Å². The Bertz CT molecular complexity index is 266. The average Bonchev–Trinajstić information content (AvgIpc) is 2.11. The van der Waals surface area contributed by atoms with Crippen LogP contribution in [-0.2, 0) is 4.79 Å². The molecule has 0 radical (unpaired) electrons. The third-order valence-corrected chi connectivity index (χ3v) is 2.04. The predicted octanol–water partition coefficient (Wildman–Crippen LogP) is 3.08. The van der Waals surface area contributed by atoms with Gasteiger partial charge in [-0.15, -0.1) is 0 Å². The number of hydrogen-bond acceptors (Lipinski definition) is 1. The van der Waals surface area contributed by atoms with Crippen LogP contribution < -0.4 is 0 Å². The van der Waals surface area contributed by atoms with Crippen molar-refractivity contribution in [2.24, 2.45) is 5.92 Å². The minimum absolute atomic E-state index is 0.128.